The molecule has 2 N–H and O–H groups in total. The molecule has 0 bridgehead atoms. The van der Waals surface area contributed by atoms with Crippen LogP contribution < -0.4 is 10.6 Å². The third-order valence-corrected chi connectivity index (χ3v) is 3.71. The highest BCUT2D eigenvalue weighted by Gasteiger charge is 2.06. The summed E-state index contributed by atoms with van der Waals surface area (Å²) in [5.74, 6) is 0.0740. The van der Waals surface area contributed by atoms with Gasteiger partial charge >= 0.3 is 0 Å². The van der Waals surface area contributed by atoms with E-state index in [1.54, 1.807) is 0 Å². The smallest absolute Gasteiger partial charge is 0.239 e. The summed E-state index contributed by atoms with van der Waals surface area (Å²) in [6.45, 7) is 9.59. The van der Waals surface area contributed by atoms with E-state index in [0.29, 0.717) is 6.54 Å². The number of benzene rings is 1. The Morgan fingerprint density at radius 2 is 1.62 bits per heavy atom. The molecule has 118 valence electrons. The second kappa shape index (κ2) is 9.43. The lowest BCUT2D eigenvalue weighted by atomic mass is 10.1. The van der Waals surface area contributed by atoms with Crippen LogP contribution in [0.2, 0.25) is 0 Å². The summed E-state index contributed by atoms with van der Waals surface area (Å²) >= 11 is 0. The molecule has 0 heterocycles. The fourth-order valence-corrected chi connectivity index (χ4v) is 2.65. The van der Waals surface area contributed by atoms with Crippen LogP contribution in [0.5, 0.6) is 0 Å². The van der Waals surface area contributed by atoms with E-state index in [9.17, 15) is 4.79 Å². The van der Waals surface area contributed by atoms with E-state index in [4.69, 9.17) is 0 Å². The maximum Gasteiger partial charge on any atom is 0.239 e. The Hall–Kier alpha value is -1.51. The molecule has 0 aromatic heterocycles. The van der Waals surface area contributed by atoms with Crippen molar-refractivity contribution < 1.29 is 4.79 Å². The molecular formula is C18H30N2O. The Bertz CT molecular complexity index is 432. The third kappa shape index (κ3) is 6.65. The van der Waals surface area contributed by atoms with Crippen LogP contribution in [0.15, 0.2) is 12.1 Å². The third-order valence-electron chi connectivity index (χ3n) is 3.71. The molecule has 0 aliphatic rings. The first-order valence-corrected chi connectivity index (χ1v) is 8.13. The summed E-state index contributed by atoms with van der Waals surface area (Å²) in [6, 6.07) is 4.28. The number of nitrogens with one attached hydrogen (secondary N) is 2. The fraction of sp³-hybridized carbons (Fsp3) is 0.611. The molecule has 0 spiro atoms. The number of unbranched alkanes of at least 4 members (excludes halogenated alkanes) is 4. The quantitative estimate of drug-likeness (QED) is 0.672. The molecule has 1 rings (SSSR count). The van der Waals surface area contributed by atoms with E-state index in [1.807, 2.05) is 0 Å². The molecule has 0 radical (unpaired) electrons. The summed E-state index contributed by atoms with van der Waals surface area (Å²) in [6.07, 6.45) is 6.10. The molecule has 0 aliphatic heterocycles. The van der Waals surface area contributed by atoms with Crippen LogP contribution >= 0.6 is 0 Å². The zero-order chi connectivity index (χ0) is 15.7. The first kappa shape index (κ1) is 17.5. The van der Waals surface area contributed by atoms with Gasteiger partial charge in [0, 0.05) is 12.2 Å². The van der Waals surface area contributed by atoms with Crippen molar-refractivity contribution in [2.24, 2.45) is 0 Å². The SMILES string of the molecule is CCCCCCCNC(=O)CNc1c(C)cc(C)cc1C. The van der Waals surface area contributed by atoms with Crippen molar-refractivity contribution in [3.63, 3.8) is 0 Å². The van der Waals surface area contributed by atoms with Gasteiger partial charge in [-0.2, -0.15) is 0 Å². The van der Waals surface area contributed by atoms with Crippen molar-refractivity contribution >= 4 is 11.6 Å². The Morgan fingerprint density at radius 3 is 2.24 bits per heavy atom. The van der Waals surface area contributed by atoms with Crippen LogP contribution in [-0.4, -0.2) is 19.0 Å². The Kier molecular flexibility index (Phi) is 7.88. The molecule has 3 nitrogen and oxygen atoms in total. The lowest BCUT2D eigenvalue weighted by Crippen LogP contribution is -2.30. The molecule has 0 fully saturated rings. The van der Waals surface area contributed by atoms with Gasteiger partial charge < -0.3 is 10.6 Å². The number of amides is 1. The van der Waals surface area contributed by atoms with E-state index in [-0.39, 0.29) is 5.91 Å². The normalized spacial score (nSPS) is 10.5. The topological polar surface area (TPSA) is 41.1 Å². The van der Waals surface area contributed by atoms with Gasteiger partial charge in [0.25, 0.3) is 0 Å². The van der Waals surface area contributed by atoms with E-state index in [0.717, 1.165) is 18.7 Å². The molecule has 21 heavy (non-hydrogen) atoms. The number of hydrogen-bond donors (Lipinski definition) is 2. The van der Waals surface area contributed by atoms with Crippen LogP contribution in [0.4, 0.5) is 5.69 Å². The van der Waals surface area contributed by atoms with Crippen molar-refractivity contribution in [2.45, 2.75) is 59.8 Å². The predicted molar refractivity (Wildman–Crippen MR) is 90.9 cm³/mol. The van der Waals surface area contributed by atoms with Crippen LogP contribution in [-0.2, 0) is 4.79 Å². The van der Waals surface area contributed by atoms with Crippen molar-refractivity contribution in [1.82, 2.24) is 5.32 Å². The van der Waals surface area contributed by atoms with Gasteiger partial charge in [-0.15, -0.1) is 0 Å². The maximum absolute atomic E-state index is 11.8. The second-order valence-electron chi connectivity index (χ2n) is 5.89. The second-order valence-corrected chi connectivity index (χ2v) is 5.89. The van der Waals surface area contributed by atoms with Crippen molar-refractivity contribution in [3.8, 4) is 0 Å². The summed E-state index contributed by atoms with van der Waals surface area (Å²) in [5, 5.41) is 6.24. The van der Waals surface area contributed by atoms with E-state index < -0.39 is 0 Å². The lowest BCUT2D eigenvalue weighted by Gasteiger charge is -2.13. The molecule has 1 aromatic rings. The number of hydrogen-bond acceptors (Lipinski definition) is 2. The summed E-state index contributed by atoms with van der Waals surface area (Å²) in [7, 11) is 0. The highest BCUT2D eigenvalue weighted by atomic mass is 16.1. The molecular weight excluding hydrogens is 260 g/mol. The average Bonchev–Trinajstić information content (AvgIpc) is 2.41. The summed E-state index contributed by atoms with van der Waals surface area (Å²) in [4.78, 5) is 11.8. The number of aryl methyl sites for hydroxylation is 3. The number of carbonyl (C=O) groups is 1. The zero-order valence-corrected chi connectivity index (χ0v) is 14.0. The Balaban J connectivity index is 2.27. The predicted octanol–water partition coefficient (Wildman–Crippen LogP) is 4.11. The van der Waals surface area contributed by atoms with Crippen LogP contribution in [0.3, 0.4) is 0 Å². The minimum atomic E-state index is 0.0740. The van der Waals surface area contributed by atoms with Crippen LogP contribution in [0, 0.1) is 20.8 Å². The maximum atomic E-state index is 11.8. The van der Waals surface area contributed by atoms with Crippen molar-refractivity contribution in [3.05, 3.63) is 28.8 Å². The van der Waals surface area contributed by atoms with Gasteiger partial charge in [-0.25, -0.2) is 0 Å². The van der Waals surface area contributed by atoms with E-state index >= 15 is 0 Å². The fourth-order valence-electron chi connectivity index (χ4n) is 2.65. The molecule has 0 unspecified atom stereocenters. The first-order chi connectivity index (χ1) is 10.0. The van der Waals surface area contributed by atoms with Gasteiger partial charge in [0.2, 0.25) is 5.91 Å². The molecule has 0 saturated carbocycles. The van der Waals surface area contributed by atoms with Gasteiger partial charge in [-0.1, -0.05) is 50.3 Å². The highest BCUT2D eigenvalue weighted by Crippen LogP contribution is 2.21. The summed E-state index contributed by atoms with van der Waals surface area (Å²) < 4.78 is 0. The van der Waals surface area contributed by atoms with Gasteiger partial charge in [-0.3, -0.25) is 4.79 Å². The molecule has 0 aliphatic carbocycles. The van der Waals surface area contributed by atoms with Gasteiger partial charge in [-0.05, 0) is 38.3 Å². The molecule has 1 amide bonds. The first-order valence-electron chi connectivity index (χ1n) is 8.13. The highest BCUT2D eigenvalue weighted by molar-refractivity contribution is 5.81. The number of rotatable bonds is 9. The largest absolute Gasteiger partial charge is 0.376 e. The van der Waals surface area contributed by atoms with Gasteiger partial charge in [0.1, 0.15) is 0 Å². The van der Waals surface area contributed by atoms with E-state index in [2.05, 4.69) is 50.5 Å². The van der Waals surface area contributed by atoms with Gasteiger partial charge in [0.05, 0.1) is 6.54 Å². The minimum Gasteiger partial charge on any atom is -0.376 e. The average molecular weight is 290 g/mol. The Morgan fingerprint density at radius 1 is 1.00 bits per heavy atom. The molecule has 1 aromatic carbocycles. The van der Waals surface area contributed by atoms with Crippen LogP contribution in [0.1, 0.15) is 55.7 Å². The standard InChI is InChI=1S/C18H30N2O/c1-5-6-7-8-9-10-19-17(21)13-20-18-15(3)11-14(2)12-16(18)4/h11-12,20H,5-10,13H2,1-4H3,(H,19,21). The monoisotopic (exact) mass is 290 g/mol. The number of carbonyl (C=O) groups excluding carboxylic acids is 1. The lowest BCUT2D eigenvalue weighted by molar-refractivity contribution is -0.119. The Labute approximate surface area is 129 Å². The van der Waals surface area contributed by atoms with Crippen molar-refractivity contribution in [2.75, 3.05) is 18.4 Å². The number of anilines is 1. The summed E-state index contributed by atoms with van der Waals surface area (Å²) in [5.41, 5.74) is 4.73. The van der Waals surface area contributed by atoms with Gasteiger partial charge in [0.15, 0.2) is 0 Å². The molecule has 3 heteroatoms. The van der Waals surface area contributed by atoms with Crippen LogP contribution in [0.25, 0.3) is 0 Å². The molecule has 0 saturated heterocycles. The minimum absolute atomic E-state index is 0.0740. The van der Waals surface area contributed by atoms with Crippen molar-refractivity contribution in [1.29, 1.82) is 0 Å². The zero-order valence-electron chi connectivity index (χ0n) is 14.0. The van der Waals surface area contributed by atoms with E-state index in [1.165, 1.54) is 42.4 Å². The molecule has 0 atom stereocenters.